The molecule has 0 aliphatic heterocycles. The number of benzene rings is 2. The van der Waals surface area contributed by atoms with Crippen LogP contribution in [0.3, 0.4) is 0 Å². The number of hydrogen-bond donors (Lipinski definition) is 1. The van der Waals surface area contributed by atoms with Crippen LogP contribution in [0.2, 0.25) is 0 Å². The molecule has 0 bridgehead atoms. The number of amides is 1. The number of carbonyl (C=O) groups excluding carboxylic acids is 1. The summed E-state index contributed by atoms with van der Waals surface area (Å²) < 4.78 is 1.67. The number of thioether (sulfide) groups is 1. The number of hydrogen-bond acceptors (Lipinski definition) is 5. The lowest BCUT2D eigenvalue weighted by Gasteiger charge is -2.13. The number of nitrogens with one attached hydrogen (secondary N) is 1. The summed E-state index contributed by atoms with van der Waals surface area (Å²) in [7, 11) is 0. The van der Waals surface area contributed by atoms with E-state index in [-0.39, 0.29) is 17.2 Å². The fourth-order valence-corrected chi connectivity index (χ4v) is 3.72. The molecule has 6 nitrogen and oxygen atoms in total. The largest absolute Gasteiger partial charge is 0.325 e. The Hall–Kier alpha value is -3.11. The van der Waals surface area contributed by atoms with Gasteiger partial charge in [0.25, 0.3) is 5.56 Å². The number of anilines is 1. The highest BCUT2D eigenvalue weighted by molar-refractivity contribution is 7.99. The number of aromatic nitrogens is 2. The molecular formula is C22H22N4O2S. The summed E-state index contributed by atoms with van der Waals surface area (Å²) in [6.07, 6.45) is 2.17. The summed E-state index contributed by atoms with van der Waals surface area (Å²) in [5, 5.41) is 12.7. The fourth-order valence-electron chi connectivity index (χ4n) is 2.90. The second kappa shape index (κ2) is 9.89. The summed E-state index contributed by atoms with van der Waals surface area (Å²) in [4.78, 5) is 29.8. The van der Waals surface area contributed by atoms with E-state index in [0.717, 1.165) is 18.4 Å². The molecule has 3 aromatic rings. The minimum atomic E-state index is -0.174. The van der Waals surface area contributed by atoms with Gasteiger partial charge < -0.3 is 5.32 Å². The van der Waals surface area contributed by atoms with E-state index in [2.05, 4.69) is 23.3 Å². The molecular weight excluding hydrogens is 384 g/mol. The molecule has 0 unspecified atom stereocenters. The first-order valence-corrected chi connectivity index (χ1v) is 10.5. The van der Waals surface area contributed by atoms with Crippen LogP contribution in [0.15, 0.2) is 58.5 Å². The van der Waals surface area contributed by atoms with Crippen LogP contribution in [0.1, 0.15) is 25.3 Å². The van der Waals surface area contributed by atoms with Crippen LogP contribution in [-0.2, 0) is 17.8 Å². The van der Waals surface area contributed by atoms with Crippen LogP contribution in [0.4, 0.5) is 5.69 Å². The van der Waals surface area contributed by atoms with Gasteiger partial charge >= 0.3 is 0 Å². The van der Waals surface area contributed by atoms with Crippen LogP contribution < -0.4 is 10.9 Å². The maximum absolute atomic E-state index is 12.9. The Morgan fingerprint density at radius 1 is 1.21 bits per heavy atom. The lowest BCUT2D eigenvalue weighted by Crippen LogP contribution is -2.24. The molecule has 1 N–H and O–H groups in total. The first kappa shape index (κ1) is 20.6. The molecule has 0 aliphatic rings. The van der Waals surface area contributed by atoms with Gasteiger partial charge in [0.2, 0.25) is 5.91 Å². The molecule has 0 saturated heterocycles. The third-order valence-corrected chi connectivity index (χ3v) is 5.39. The van der Waals surface area contributed by atoms with Crippen molar-refractivity contribution in [1.82, 2.24) is 9.55 Å². The molecule has 148 valence electrons. The van der Waals surface area contributed by atoms with Crippen LogP contribution in [-0.4, -0.2) is 21.2 Å². The third-order valence-electron chi connectivity index (χ3n) is 4.42. The minimum absolute atomic E-state index is 0.0694. The Bertz CT molecular complexity index is 1100. The molecule has 0 atom stereocenters. The second-order valence-electron chi connectivity index (χ2n) is 6.59. The molecule has 0 spiro atoms. The van der Waals surface area contributed by atoms with Gasteiger partial charge in [-0.2, -0.15) is 5.26 Å². The Kier molecular flexibility index (Phi) is 7.04. The van der Waals surface area contributed by atoms with Gasteiger partial charge in [0, 0.05) is 12.2 Å². The third kappa shape index (κ3) is 5.24. The van der Waals surface area contributed by atoms with E-state index in [4.69, 9.17) is 5.26 Å². The maximum Gasteiger partial charge on any atom is 0.262 e. The van der Waals surface area contributed by atoms with E-state index in [1.807, 2.05) is 30.3 Å². The predicted molar refractivity (Wildman–Crippen MR) is 116 cm³/mol. The van der Waals surface area contributed by atoms with E-state index in [1.54, 1.807) is 22.8 Å². The molecule has 3 rings (SSSR count). The van der Waals surface area contributed by atoms with Crippen molar-refractivity contribution in [3.63, 3.8) is 0 Å². The Morgan fingerprint density at radius 2 is 1.97 bits per heavy atom. The van der Waals surface area contributed by atoms with Crippen LogP contribution in [0, 0.1) is 11.3 Å². The first-order valence-electron chi connectivity index (χ1n) is 9.50. The summed E-state index contributed by atoms with van der Waals surface area (Å²) >= 11 is 1.26. The van der Waals surface area contributed by atoms with Gasteiger partial charge in [0.15, 0.2) is 5.16 Å². The monoisotopic (exact) mass is 406 g/mol. The standard InChI is InChI=1S/C22H22N4O2S/c1-2-3-14-26-21(28)18-6-4-5-7-19(18)25-22(26)29-15-20(27)24-17-10-8-16(9-11-17)12-13-23/h4-11H,2-3,12,14-15H2,1H3,(H,24,27). The zero-order valence-corrected chi connectivity index (χ0v) is 17.0. The van der Waals surface area contributed by atoms with Crippen molar-refractivity contribution in [3.8, 4) is 6.07 Å². The van der Waals surface area contributed by atoms with Crippen molar-refractivity contribution < 1.29 is 4.79 Å². The molecule has 0 aliphatic carbocycles. The average molecular weight is 407 g/mol. The van der Waals surface area contributed by atoms with Gasteiger partial charge in [-0.1, -0.05) is 49.4 Å². The van der Waals surface area contributed by atoms with Crippen molar-refractivity contribution >= 4 is 34.3 Å². The summed E-state index contributed by atoms with van der Waals surface area (Å²) in [6, 6.07) is 16.6. The lowest BCUT2D eigenvalue weighted by atomic mass is 10.1. The molecule has 0 saturated carbocycles. The van der Waals surface area contributed by atoms with Crippen LogP contribution in [0.5, 0.6) is 0 Å². The van der Waals surface area contributed by atoms with Crippen molar-refractivity contribution in [2.45, 2.75) is 37.9 Å². The van der Waals surface area contributed by atoms with Gasteiger partial charge in [-0.15, -0.1) is 0 Å². The number of carbonyl (C=O) groups is 1. The molecule has 1 aromatic heterocycles. The predicted octanol–water partition coefficient (Wildman–Crippen LogP) is 3.99. The maximum atomic E-state index is 12.9. The summed E-state index contributed by atoms with van der Waals surface area (Å²) in [5.74, 6) is -0.0240. The normalized spacial score (nSPS) is 10.6. The van der Waals surface area contributed by atoms with E-state index in [1.165, 1.54) is 11.8 Å². The van der Waals surface area contributed by atoms with Crippen molar-refractivity contribution in [2.24, 2.45) is 0 Å². The van der Waals surface area contributed by atoms with Crippen molar-refractivity contribution in [1.29, 1.82) is 5.26 Å². The molecule has 7 heteroatoms. The Balaban J connectivity index is 1.74. The number of nitriles is 1. The van der Waals surface area contributed by atoms with Crippen molar-refractivity contribution in [3.05, 3.63) is 64.4 Å². The van der Waals surface area contributed by atoms with Gasteiger partial charge in [-0.3, -0.25) is 14.2 Å². The lowest BCUT2D eigenvalue weighted by molar-refractivity contribution is -0.113. The summed E-state index contributed by atoms with van der Waals surface area (Å²) in [6.45, 7) is 2.65. The topological polar surface area (TPSA) is 87.8 Å². The quantitative estimate of drug-likeness (QED) is 0.451. The van der Waals surface area contributed by atoms with E-state index in [0.29, 0.717) is 34.7 Å². The molecule has 1 heterocycles. The smallest absolute Gasteiger partial charge is 0.262 e. The minimum Gasteiger partial charge on any atom is -0.325 e. The highest BCUT2D eigenvalue weighted by Gasteiger charge is 2.13. The molecule has 0 fully saturated rings. The number of nitrogens with zero attached hydrogens (tertiary/aromatic N) is 3. The van der Waals surface area contributed by atoms with Gasteiger partial charge in [0.1, 0.15) is 0 Å². The molecule has 29 heavy (non-hydrogen) atoms. The highest BCUT2D eigenvalue weighted by Crippen LogP contribution is 2.19. The first-order chi connectivity index (χ1) is 14.1. The molecule has 1 amide bonds. The van der Waals surface area contributed by atoms with Gasteiger partial charge in [-0.05, 0) is 36.2 Å². The zero-order valence-electron chi connectivity index (χ0n) is 16.2. The van der Waals surface area contributed by atoms with Crippen LogP contribution in [0.25, 0.3) is 10.9 Å². The SMILES string of the molecule is CCCCn1c(SCC(=O)Nc2ccc(CC#N)cc2)nc2ccccc2c1=O. The Morgan fingerprint density at radius 3 is 2.69 bits per heavy atom. The van der Waals surface area contributed by atoms with E-state index in [9.17, 15) is 9.59 Å². The van der Waals surface area contributed by atoms with E-state index < -0.39 is 0 Å². The number of fused-ring (bicyclic) bond motifs is 1. The number of unbranched alkanes of at least 4 members (excludes halogenated alkanes) is 1. The average Bonchev–Trinajstić information content (AvgIpc) is 2.73. The number of para-hydroxylation sites is 1. The summed E-state index contributed by atoms with van der Waals surface area (Å²) in [5.41, 5.74) is 2.15. The number of rotatable bonds is 8. The Labute approximate surface area is 173 Å². The van der Waals surface area contributed by atoms with Crippen molar-refractivity contribution in [2.75, 3.05) is 11.1 Å². The fraction of sp³-hybridized carbons (Fsp3) is 0.273. The van der Waals surface area contributed by atoms with E-state index >= 15 is 0 Å². The second-order valence-corrected chi connectivity index (χ2v) is 7.53. The highest BCUT2D eigenvalue weighted by atomic mass is 32.2. The molecule has 0 radical (unpaired) electrons. The van der Waals surface area contributed by atoms with Gasteiger partial charge in [-0.25, -0.2) is 4.98 Å². The molecule has 2 aromatic carbocycles. The zero-order chi connectivity index (χ0) is 20.6. The van der Waals surface area contributed by atoms with Crippen LogP contribution >= 0.6 is 11.8 Å². The van der Waals surface area contributed by atoms with Gasteiger partial charge in [0.05, 0.1) is 29.1 Å².